The number of aromatic nitrogens is 2. The third-order valence-corrected chi connectivity index (χ3v) is 8.55. The van der Waals surface area contributed by atoms with Gasteiger partial charge in [-0.1, -0.05) is 6.07 Å². The molecule has 3 aromatic rings. The fraction of sp³-hybridized carbons (Fsp3) is 0.500. The van der Waals surface area contributed by atoms with Gasteiger partial charge in [0.05, 0.1) is 5.39 Å². The first-order valence-corrected chi connectivity index (χ1v) is 13.1. The van der Waals surface area contributed by atoms with E-state index in [-0.39, 0.29) is 17.9 Å². The minimum Gasteiger partial charge on any atom is -0.356 e. The van der Waals surface area contributed by atoms with Crippen LogP contribution in [0, 0.1) is 31.4 Å². The van der Waals surface area contributed by atoms with Crippen molar-refractivity contribution in [2.45, 2.75) is 52.1 Å². The maximum absolute atomic E-state index is 13.5. The average molecular weight is 500 g/mol. The Bertz CT molecular complexity index is 1220. The standard InChI is InChI=1S/C26H31F2N5OS/c1-16-17(2)35-26-23(16)24(29-15-30-26)33-11-5-19(6-12-33)25(34)31-20-7-9-32(10-8-20)14-18-3-4-21(27)22(28)13-18/h3-4,13,15,19-20H,5-12,14H2,1-2H3,(H,31,34). The Balaban J connectivity index is 1.10. The van der Waals surface area contributed by atoms with Crippen LogP contribution < -0.4 is 10.2 Å². The smallest absolute Gasteiger partial charge is 0.223 e. The molecule has 1 N–H and O–H groups in total. The van der Waals surface area contributed by atoms with Gasteiger partial charge >= 0.3 is 0 Å². The van der Waals surface area contributed by atoms with Gasteiger partial charge in [0.2, 0.25) is 5.91 Å². The molecular formula is C26H31F2N5OS. The van der Waals surface area contributed by atoms with E-state index in [0.717, 1.165) is 73.5 Å². The molecule has 4 heterocycles. The quantitative estimate of drug-likeness (QED) is 0.557. The number of nitrogens with one attached hydrogen (secondary N) is 1. The van der Waals surface area contributed by atoms with Crippen LogP contribution in [-0.4, -0.2) is 53.0 Å². The van der Waals surface area contributed by atoms with Gasteiger partial charge < -0.3 is 10.2 Å². The molecule has 2 aliphatic heterocycles. The van der Waals surface area contributed by atoms with Gasteiger partial charge in [0, 0.05) is 49.6 Å². The van der Waals surface area contributed by atoms with Crippen LogP contribution in [-0.2, 0) is 11.3 Å². The summed E-state index contributed by atoms with van der Waals surface area (Å²) in [6.45, 7) is 8.11. The Morgan fingerprint density at radius 1 is 1.06 bits per heavy atom. The first-order chi connectivity index (χ1) is 16.9. The van der Waals surface area contributed by atoms with Crippen molar-refractivity contribution >= 4 is 33.3 Å². The second kappa shape index (κ2) is 10.1. The number of benzene rings is 1. The topological polar surface area (TPSA) is 61.4 Å². The predicted molar refractivity (Wildman–Crippen MR) is 135 cm³/mol. The molecule has 9 heteroatoms. The molecule has 0 unspecified atom stereocenters. The van der Waals surface area contributed by atoms with Gasteiger partial charge in [-0.3, -0.25) is 9.69 Å². The number of thiophene rings is 1. The highest BCUT2D eigenvalue weighted by Gasteiger charge is 2.29. The number of carbonyl (C=O) groups excluding carboxylic acids is 1. The number of carbonyl (C=O) groups is 1. The van der Waals surface area contributed by atoms with E-state index in [9.17, 15) is 13.6 Å². The van der Waals surface area contributed by atoms with Crippen LogP contribution in [0.25, 0.3) is 10.2 Å². The molecule has 35 heavy (non-hydrogen) atoms. The number of nitrogens with zero attached hydrogens (tertiary/aromatic N) is 4. The Morgan fingerprint density at radius 2 is 1.80 bits per heavy atom. The number of hydrogen-bond donors (Lipinski definition) is 1. The highest BCUT2D eigenvalue weighted by Crippen LogP contribution is 2.35. The van der Waals surface area contributed by atoms with Crippen LogP contribution >= 0.6 is 11.3 Å². The highest BCUT2D eigenvalue weighted by atomic mass is 32.1. The van der Waals surface area contributed by atoms with Crippen molar-refractivity contribution < 1.29 is 13.6 Å². The molecule has 6 nitrogen and oxygen atoms in total. The number of halogens is 2. The zero-order valence-electron chi connectivity index (χ0n) is 20.2. The molecule has 0 radical (unpaired) electrons. The van der Waals surface area contributed by atoms with Gasteiger partial charge in [-0.05, 0) is 62.8 Å². The minimum absolute atomic E-state index is 0.0223. The van der Waals surface area contributed by atoms with Gasteiger partial charge in [-0.2, -0.15) is 0 Å². The fourth-order valence-electron chi connectivity index (χ4n) is 5.21. The fourth-order valence-corrected chi connectivity index (χ4v) is 6.20. The summed E-state index contributed by atoms with van der Waals surface area (Å²) in [4.78, 5) is 28.8. The molecule has 2 saturated heterocycles. The summed E-state index contributed by atoms with van der Waals surface area (Å²) >= 11 is 1.71. The van der Waals surface area contributed by atoms with Gasteiger partial charge in [-0.25, -0.2) is 18.7 Å². The van der Waals surface area contributed by atoms with Crippen molar-refractivity contribution in [2.75, 3.05) is 31.1 Å². The molecule has 0 spiro atoms. The number of fused-ring (bicyclic) bond motifs is 1. The highest BCUT2D eigenvalue weighted by molar-refractivity contribution is 7.18. The summed E-state index contributed by atoms with van der Waals surface area (Å²) in [6, 6.07) is 4.24. The molecule has 0 atom stereocenters. The van der Waals surface area contributed by atoms with E-state index in [2.05, 4.69) is 38.9 Å². The first-order valence-electron chi connectivity index (χ1n) is 12.3. The second-order valence-electron chi connectivity index (χ2n) is 9.73. The van der Waals surface area contributed by atoms with Gasteiger partial charge in [0.1, 0.15) is 17.0 Å². The normalized spacial score (nSPS) is 18.3. The number of piperidine rings is 2. The summed E-state index contributed by atoms with van der Waals surface area (Å²) in [5, 5.41) is 4.41. The van der Waals surface area contributed by atoms with E-state index in [1.165, 1.54) is 22.6 Å². The lowest BCUT2D eigenvalue weighted by Crippen LogP contribution is -2.48. The first kappa shape index (κ1) is 24.1. The molecule has 0 aliphatic carbocycles. The summed E-state index contributed by atoms with van der Waals surface area (Å²) in [5.74, 6) is -0.458. The molecule has 2 fully saturated rings. The Labute approximate surface area is 208 Å². The minimum atomic E-state index is -0.817. The zero-order chi connectivity index (χ0) is 24.5. The van der Waals surface area contributed by atoms with E-state index >= 15 is 0 Å². The van der Waals surface area contributed by atoms with Gasteiger partial charge in [0.15, 0.2) is 11.6 Å². The molecule has 2 aromatic heterocycles. The van der Waals surface area contributed by atoms with Crippen LogP contribution in [0.5, 0.6) is 0 Å². The predicted octanol–water partition coefficient (Wildman–Crippen LogP) is 4.58. The maximum atomic E-state index is 13.5. The van der Waals surface area contributed by atoms with Crippen LogP contribution in [0.15, 0.2) is 24.5 Å². The van der Waals surface area contributed by atoms with E-state index < -0.39 is 11.6 Å². The summed E-state index contributed by atoms with van der Waals surface area (Å²) in [7, 11) is 0. The maximum Gasteiger partial charge on any atom is 0.223 e. The molecule has 0 saturated carbocycles. The molecule has 2 aliphatic rings. The van der Waals surface area contributed by atoms with Gasteiger partial charge in [0.25, 0.3) is 0 Å². The number of hydrogen-bond acceptors (Lipinski definition) is 6. The molecule has 186 valence electrons. The Kier molecular flexibility index (Phi) is 6.98. The number of rotatable bonds is 5. The lowest BCUT2D eigenvalue weighted by molar-refractivity contribution is -0.126. The van der Waals surface area contributed by atoms with Crippen molar-refractivity contribution in [1.82, 2.24) is 20.2 Å². The third-order valence-electron chi connectivity index (χ3n) is 7.43. The SMILES string of the molecule is Cc1sc2ncnc(N3CCC(C(=O)NC4CCN(Cc5ccc(F)c(F)c5)CC4)CC3)c2c1C. The molecule has 1 amide bonds. The second-order valence-corrected chi connectivity index (χ2v) is 10.9. The number of anilines is 1. The Hall–Kier alpha value is -2.65. The average Bonchev–Trinajstić information content (AvgIpc) is 3.16. The van der Waals surface area contributed by atoms with Crippen LogP contribution in [0.2, 0.25) is 0 Å². The van der Waals surface area contributed by atoms with Crippen LogP contribution in [0.3, 0.4) is 0 Å². The van der Waals surface area contributed by atoms with Crippen molar-refractivity contribution in [1.29, 1.82) is 0 Å². The lowest BCUT2D eigenvalue weighted by atomic mass is 9.94. The zero-order valence-corrected chi connectivity index (χ0v) is 21.0. The Morgan fingerprint density at radius 3 is 2.51 bits per heavy atom. The summed E-state index contributed by atoms with van der Waals surface area (Å²) in [5.41, 5.74) is 2.02. The van der Waals surface area contributed by atoms with E-state index in [0.29, 0.717) is 6.54 Å². The third kappa shape index (κ3) is 5.16. The monoisotopic (exact) mass is 499 g/mol. The molecule has 5 rings (SSSR count). The number of likely N-dealkylation sites (tertiary alicyclic amines) is 1. The molecular weight excluding hydrogens is 468 g/mol. The largest absolute Gasteiger partial charge is 0.356 e. The lowest BCUT2D eigenvalue weighted by Gasteiger charge is -2.35. The van der Waals surface area contributed by atoms with Crippen LogP contribution in [0.4, 0.5) is 14.6 Å². The van der Waals surface area contributed by atoms with Crippen molar-refractivity contribution in [3.63, 3.8) is 0 Å². The van der Waals surface area contributed by atoms with Crippen LogP contribution in [0.1, 0.15) is 41.7 Å². The van der Waals surface area contributed by atoms with Crippen molar-refractivity contribution in [3.8, 4) is 0 Å². The molecule has 1 aromatic carbocycles. The number of aryl methyl sites for hydroxylation is 2. The van der Waals surface area contributed by atoms with E-state index in [1.807, 2.05) is 0 Å². The molecule has 0 bridgehead atoms. The van der Waals surface area contributed by atoms with E-state index in [4.69, 9.17) is 0 Å². The number of amides is 1. The summed E-state index contributed by atoms with van der Waals surface area (Å²) in [6.07, 6.45) is 5.00. The summed E-state index contributed by atoms with van der Waals surface area (Å²) < 4.78 is 26.6. The van der Waals surface area contributed by atoms with E-state index in [1.54, 1.807) is 23.7 Å². The van der Waals surface area contributed by atoms with Crippen molar-refractivity contribution in [2.24, 2.45) is 5.92 Å². The van der Waals surface area contributed by atoms with Crippen molar-refractivity contribution in [3.05, 3.63) is 52.2 Å². The van der Waals surface area contributed by atoms with Gasteiger partial charge in [-0.15, -0.1) is 11.3 Å².